The standard InChI is InChI=1S/C24H28/c1-9-14-16-21(11-3)24(22(12-4)17-15-10-2)20(8)18(6)19(7)23(24)13-5/h9-17H,1,4-6,8H2,2-3,7H3/b15-10-,16-14-,21-11+,22-17+. The minimum absolute atomic E-state index is 0.515. The van der Waals surface area contributed by atoms with Crippen molar-refractivity contribution in [2.24, 2.45) is 5.41 Å². The maximum Gasteiger partial charge on any atom is 0.0700 e. The van der Waals surface area contributed by atoms with Gasteiger partial charge in [0.2, 0.25) is 0 Å². The highest BCUT2D eigenvalue weighted by Crippen LogP contribution is 2.58. The van der Waals surface area contributed by atoms with Gasteiger partial charge in [0, 0.05) is 0 Å². The van der Waals surface area contributed by atoms with Crippen LogP contribution in [0.4, 0.5) is 0 Å². The van der Waals surface area contributed by atoms with Crippen LogP contribution in [-0.2, 0) is 0 Å². The lowest BCUT2D eigenvalue weighted by Gasteiger charge is -2.36. The molecule has 1 aliphatic rings. The predicted octanol–water partition coefficient (Wildman–Crippen LogP) is 6.98. The smallest absolute Gasteiger partial charge is 0.0700 e. The van der Waals surface area contributed by atoms with Crippen LogP contribution in [0, 0.1) is 5.41 Å². The zero-order valence-electron chi connectivity index (χ0n) is 15.2. The van der Waals surface area contributed by atoms with Crippen LogP contribution >= 0.6 is 0 Å². The molecule has 0 aromatic rings. The van der Waals surface area contributed by atoms with Gasteiger partial charge in [-0.2, -0.15) is 0 Å². The van der Waals surface area contributed by atoms with Gasteiger partial charge < -0.3 is 0 Å². The largest absolute Gasteiger partial charge is 0.0991 e. The molecule has 0 aromatic heterocycles. The zero-order chi connectivity index (χ0) is 18.3. The van der Waals surface area contributed by atoms with Gasteiger partial charge in [-0.1, -0.05) is 87.6 Å². The minimum Gasteiger partial charge on any atom is -0.0991 e. The molecule has 1 rings (SSSR count). The number of rotatable bonds is 7. The fraction of sp³-hybridized carbons (Fsp3) is 0.167. The van der Waals surface area contributed by atoms with Crippen LogP contribution in [0.3, 0.4) is 0 Å². The van der Waals surface area contributed by atoms with E-state index in [4.69, 9.17) is 0 Å². The summed E-state index contributed by atoms with van der Waals surface area (Å²) in [5.74, 6) is 0. The fourth-order valence-corrected chi connectivity index (χ4v) is 3.35. The summed E-state index contributed by atoms with van der Waals surface area (Å²) >= 11 is 0. The van der Waals surface area contributed by atoms with E-state index in [9.17, 15) is 0 Å². The van der Waals surface area contributed by atoms with Crippen molar-refractivity contribution in [2.45, 2.75) is 20.8 Å². The van der Waals surface area contributed by atoms with Crippen LogP contribution in [0.15, 0.2) is 121 Å². The van der Waals surface area contributed by atoms with Crippen molar-refractivity contribution >= 4 is 0 Å². The molecule has 0 radical (unpaired) electrons. The van der Waals surface area contributed by atoms with E-state index < -0.39 is 5.41 Å². The first kappa shape index (κ1) is 19.4. The van der Waals surface area contributed by atoms with Crippen molar-refractivity contribution in [1.29, 1.82) is 0 Å². The van der Waals surface area contributed by atoms with Crippen molar-refractivity contribution in [3.63, 3.8) is 0 Å². The Balaban J connectivity index is 3.97. The molecule has 124 valence electrons. The molecule has 0 nitrogen and oxygen atoms in total. The summed E-state index contributed by atoms with van der Waals surface area (Å²) in [7, 11) is 0. The topological polar surface area (TPSA) is 0 Å². The van der Waals surface area contributed by atoms with E-state index in [0.29, 0.717) is 0 Å². The van der Waals surface area contributed by atoms with Crippen molar-refractivity contribution in [1.82, 2.24) is 0 Å². The molecule has 1 aliphatic carbocycles. The molecule has 0 saturated carbocycles. The monoisotopic (exact) mass is 316 g/mol. The summed E-state index contributed by atoms with van der Waals surface area (Å²) in [4.78, 5) is 0. The Morgan fingerprint density at radius 3 is 2.12 bits per heavy atom. The molecule has 0 spiro atoms. The van der Waals surface area contributed by atoms with E-state index in [2.05, 4.69) is 58.0 Å². The molecule has 0 fully saturated rings. The van der Waals surface area contributed by atoms with Gasteiger partial charge in [-0.3, -0.25) is 0 Å². The average Bonchev–Trinajstić information content (AvgIpc) is 2.78. The Morgan fingerprint density at radius 1 is 1.00 bits per heavy atom. The van der Waals surface area contributed by atoms with Gasteiger partial charge in [0.05, 0.1) is 5.41 Å². The van der Waals surface area contributed by atoms with E-state index in [1.165, 1.54) is 0 Å². The van der Waals surface area contributed by atoms with Crippen molar-refractivity contribution in [2.75, 3.05) is 0 Å². The molecular formula is C24H28. The van der Waals surface area contributed by atoms with Crippen LogP contribution in [-0.4, -0.2) is 0 Å². The van der Waals surface area contributed by atoms with Gasteiger partial charge in [-0.25, -0.2) is 0 Å². The predicted molar refractivity (Wildman–Crippen MR) is 110 cm³/mol. The third-order valence-corrected chi connectivity index (χ3v) is 4.56. The summed E-state index contributed by atoms with van der Waals surface area (Å²) in [6, 6.07) is 0. The van der Waals surface area contributed by atoms with Crippen molar-refractivity contribution < 1.29 is 0 Å². The zero-order valence-corrected chi connectivity index (χ0v) is 15.2. The van der Waals surface area contributed by atoms with Crippen LogP contribution in [0.2, 0.25) is 0 Å². The lowest BCUT2D eigenvalue weighted by atomic mass is 9.65. The molecule has 0 bridgehead atoms. The summed E-state index contributed by atoms with van der Waals surface area (Å²) in [5, 5.41) is 0. The molecule has 0 N–H and O–H groups in total. The van der Waals surface area contributed by atoms with E-state index in [0.717, 1.165) is 33.4 Å². The first-order valence-corrected chi connectivity index (χ1v) is 8.11. The quantitative estimate of drug-likeness (QED) is 0.444. The summed E-state index contributed by atoms with van der Waals surface area (Å²) in [6.07, 6.45) is 17.8. The van der Waals surface area contributed by atoms with Gasteiger partial charge in [0.25, 0.3) is 0 Å². The molecular weight excluding hydrogens is 288 g/mol. The van der Waals surface area contributed by atoms with Gasteiger partial charge in [0.15, 0.2) is 0 Å². The lowest BCUT2D eigenvalue weighted by Crippen LogP contribution is -2.26. The second-order valence-electron chi connectivity index (χ2n) is 5.64. The molecule has 0 amide bonds. The molecule has 1 unspecified atom stereocenters. The first-order valence-electron chi connectivity index (χ1n) is 8.11. The third-order valence-electron chi connectivity index (χ3n) is 4.56. The van der Waals surface area contributed by atoms with Crippen LogP contribution in [0.25, 0.3) is 0 Å². The Hall–Kier alpha value is -2.60. The fourth-order valence-electron chi connectivity index (χ4n) is 3.35. The molecule has 0 aliphatic heterocycles. The molecule has 0 saturated heterocycles. The summed E-state index contributed by atoms with van der Waals surface area (Å²) in [5.41, 5.74) is 5.80. The highest BCUT2D eigenvalue weighted by molar-refractivity contribution is 5.73. The van der Waals surface area contributed by atoms with Crippen molar-refractivity contribution in [3.8, 4) is 0 Å². The normalized spacial score (nSPS) is 22.8. The van der Waals surface area contributed by atoms with E-state index in [1.807, 2.05) is 44.2 Å². The third kappa shape index (κ3) is 2.92. The minimum atomic E-state index is -0.515. The second-order valence-corrected chi connectivity index (χ2v) is 5.64. The summed E-state index contributed by atoms with van der Waals surface area (Å²) in [6.45, 7) is 26.6. The van der Waals surface area contributed by atoms with Gasteiger partial charge in [0.1, 0.15) is 0 Å². The van der Waals surface area contributed by atoms with Crippen LogP contribution in [0.5, 0.6) is 0 Å². The van der Waals surface area contributed by atoms with Gasteiger partial charge in [-0.05, 0) is 54.2 Å². The lowest BCUT2D eigenvalue weighted by molar-refractivity contribution is 0.685. The van der Waals surface area contributed by atoms with Gasteiger partial charge in [-0.15, -0.1) is 0 Å². The van der Waals surface area contributed by atoms with Crippen LogP contribution in [0.1, 0.15) is 20.8 Å². The van der Waals surface area contributed by atoms with Crippen LogP contribution < -0.4 is 0 Å². The Bertz CT molecular complexity index is 726. The summed E-state index contributed by atoms with van der Waals surface area (Å²) < 4.78 is 0. The highest BCUT2D eigenvalue weighted by Gasteiger charge is 2.47. The number of allylic oxidation sites excluding steroid dienone is 15. The first-order chi connectivity index (χ1) is 11.5. The maximum absolute atomic E-state index is 4.39. The van der Waals surface area contributed by atoms with E-state index in [1.54, 1.807) is 6.08 Å². The molecule has 0 heterocycles. The Labute approximate surface area is 147 Å². The van der Waals surface area contributed by atoms with E-state index in [-0.39, 0.29) is 0 Å². The molecule has 1 atom stereocenters. The van der Waals surface area contributed by atoms with Gasteiger partial charge >= 0.3 is 0 Å². The molecule has 0 aromatic carbocycles. The Morgan fingerprint density at radius 2 is 1.67 bits per heavy atom. The van der Waals surface area contributed by atoms with Crippen molar-refractivity contribution in [3.05, 3.63) is 121 Å². The number of hydrogen-bond acceptors (Lipinski definition) is 0. The molecule has 0 heteroatoms. The average molecular weight is 316 g/mol. The Kier molecular flexibility index (Phi) is 6.73. The number of hydrogen-bond donors (Lipinski definition) is 0. The maximum atomic E-state index is 4.39. The highest BCUT2D eigenvalue weighted by atomic mass is 14.5. The van der Waals surface area contributed by atoms with E-state index >= 15 is 0 Å². The second kappa shape index (κ2) is 8.31. The molecule has 24 heavy (non-hydrogen) atoms. The SMILES string of the molecule is C=C/C=C\C(=C/C)C1(/C(C=C)=C/C=C\C)C(=C)C(=C)C(C)=C1C=C.